The van der Waals surface area contributed by atoms with Crippen molar-refractivity contribution in [2.75, 3.05) is 19.1 Å². The minimum absolute atomic E-state index is 0.114. The SMILES string of the molecule is COc1ccc(C2/C(=C(\O)c3ccc(OCc4cccc(C)c4)cc3)C(=O)C(=O)N2c2nnc(SCc3ccc(F)cc3)s2)cc1OC. The van der Waals surface area contributed by atoms with Gasteiger partial charge in [-0.2, -0.15) is 0 Å². The molecule has 1 aromatic heterocycles. The molecular formula is C36H30FN3O6S2. The molecule has 5 aromatic rings. The van der Waals surface area contributed by atoms with Gasteiger partial charge in [0.05, 0.1) is 25.8 Å². The van der Waals surface area contributed by atoms with Crippen molar-refractivity contribution in [3.05, 3.63) is 130 Å². The fraction of sp³-hybridized carbons (Fsp3) is 0.167. The van der Waals surface area contributed by atoms with Gasteiger partial charge in [-0.1, -0.05) is 71.1 Å². The predicted molar refractivity (Wildman–Crippen MR) is 182 cm³/mol. The fourth-order valence-electron chi connectivity index (χ4n) is 5.29. The molecule has 1 aliphatic rings. The van der Waals surface area contributed by atoms with E-state index in [0.29, 0.717) is 45.1 Å². The summed E-state index contributed by atoms with van der Waals surface area (Å²) < 4.78 is 30.7. The molecule has 6 rings (SSSR count). The Morgan fingerprint density at radius 3 is 2.38 bits per heavy atom. The molecule has 1 amide bonds. The number of carbonyl (C=O) groups excluding carboxylic acids is 2. The molecule has 1 saturated heterocycles. The van der Waals surface area contributed by atoms with Crippen molar-refractivity contribution in [1.29, 1.82) is 0 Å². The number of aliphatic hydroxyl groups is 1. The lowest BCUT2D eigenvalue weighted by Crippen LogP contribution is -2.29. The second-order valence-corrected chi connectivity index (χ2v) is 13.0. The molecule has 1 N–H and O–H groups in total. The van der Waals surface area contributed by atoms with Crippen LogP contribution in [-0.4, -0.2) is 41.2 Å². The van der Waals surface area contributed by atoms with E-state index in [-0.39, 0.29) is 22.3 Å². The van der Waals surface area contributed by atoms with Crippen molar-refractivity contribution in [3.8, 4) is 17.2 Å². The van der Waals surface area contributed by atoms with Crippen LogP contribution in [0, 0.1) is 12.7 Å². The van der Waals surface area contributed by atoms with Crippen LogP contribution in [0.5, 0.6) is 17.2 Å². The first-order valence-corrected chi connectivity index (χ1v) is 16.6. The number of aromatic nitrogens is 2. The van der Waals surface area contributed by atoms with Gasteiger partial charge in [0.15, 0.2) is 15.8 Å². The number of nitrogens with zero attached hydrogens (tertiary/aromatic N) is 3. The highest BCUT2D eigenvalue weighted by atomic mass is 32.2. The number of benzene rings is 4. The molecule has 0 radical (unpaired) electrons. The van der Waals surface area contributed by atoms with Crippen molar-refractivity contribution in [1.82, 2.24) is 10.2 Å². The molecule has 244 valence electrons. The number of Topliss-reactive ketones (excluding diaryl/α,β-unsaturated/α-hetero) is 1. The number of methoxy groups -OCH3 is 2. The number of ketones is 1. The van der Waals surface area contributed by atoms with E-state index in [4.69, 9.17) is 14.2 Å². The summed E-state index contributed by atoms with van der Waals surface area (Å²) in [6.07, 6.45) is 0. The summed E-state index contributed by atoms with van der Waals surface area (Å²) >= 11 is 2.50. The Bertz CT molecular complexity index is 2000. The van der Waals surface area contributed by atoms with Gasteiger partial charge in [-0.25, -0.2) is 4.39 Å². The van der Waals surface area contributed by atoms with Crippen LogP contribution in [0.25, 0.3) is 5.76 Å². The molecule has 1 unspecified atom stereocenters. The smallest absolute Gasteiger partial charge is 0.301 e. The molecule has 12 heteroatoms. The average molecular weight is 684 g/mol. The van der Waals surface area contributed by atoms with Crippen molar-refractivity contribution >= 4 is 45.7 Å². The lowest BCUT2D eigenvalue weighted by molar-refractivity contribution is -0.132. The minimum atomic E-state index is -1.05. The molecule has 1 atom stereocenters. The second-order valence-electron chi connectivity index (χ2n) is 10.9. The zero-order valence-corrected chi connectivity index (χ0v) is 27.8. The van der Waals surface area contributed by atoms with Gasteiger partial charge < -0.3 is 19.3 Å². The average Bonchev–Trinajstić information content (AvgIpc) is 3.68. The molecule has 2 heterocycles. The van der Waals surface area contributed by atoms with E-state index in [9.17, 15) is 19.1 Å². The third-order valence-corrected chi connectivity index (χ3v) is 9.79. The Morgan fingerprint density at radius 2 is 1.67 bits per heavy atom. The quantitative estimate of drug-likeness (QED) is 0.0498. The Kier molecular flexibility index (Phi) is 9.74. The lowest BCUT2D eigenvalue weighted by atomic mass is 9.95. The molecule has 0 aliphatic carbocycles. The Balaban J connectivity index is 1.33. The summed E-state index contributed by atoms with van der Waals surface area (Å²) in [6, 6.07) is 24.8. The van der Waals surface area contributed by atoms with Crippen molar-refractivity contribution in [2.24, 2.45) is 0 Å². The number of aliphatic hydroxyl groups excluding tert-OH is 1. The number of halogens is 1. The van der Waals surface area contributed by atoms with Crippen molar-refractivity contribution in [3.63, 3.8) is 0 Å². The standard InChI is InChI=1S/C36H30FN3O6S2/c1-21-5-4-6-23(17-21)19-46-27-14-9-24(10-15-27)32(41)30-31(25-11-16-28(44-2)29(18-25)45-3)40(34(43)33(30)42)35-38-39-36(48-35)47-20-22-7-12-26(37)13-8-22/h4-18,31,41H,19-20H2,1-3H3/b32-30+. The Hall–Kier alpha value is -5.20. The fourth-order valence-corrected chi connectivity index (χ4v) is 7.11. The summed E-state index contributed by atoms with van der Waals surface area (Å²) in [5, 5.41) is 20.3. The first-order chi connectivity index (χ1) is 23.2. The maximum atomic E-state index is 13.7. The molecule has 0 spiro atoms. The van der Waals surface area contributed by atoms with Gasteiger partial charge >= 0.3 is 5.91 Å². The largest absolute Gasteiger partial charge is 0.507 e. The first-order valence-electron chi connectivity index (χ1n) is 14.8. The van der Waals surface area contributed by atoms with Crippen LogP contribution in [0.2, 0.25) is 0 Å². The Morgan fingerprint density at radius 1 is 0.917 bits per heavy atom. The van der Waals surface area contributed by atoms with Crippen LogP contribution >= 0.6 is 23.1 Å². The number of aryl methyl sites for hydroxylation is 1. The van der Waals surface area contributed by atoms with Gasteiger partial charge in [0.1, 0.15) is 23.9 Å². The van der Waals surface area contributed by atoms with E-state index in [0.717, 1.165) is 28.0 Å². The number of carbonyl (C=O) groups is 2. The number of amides is 1. The van der Waals surface area contributed by atoms with Gasteiger partial charge in [-0.3, -0.25) is 14.5 Å². The number of rotatable bonds is 11. The first kappa shape index (κ1) is 32.7. The van der Waals surface area contributed by atoms with Crippen LogP contribution in [0.4, 0.5) is 9.52 Å². The molecule has 1 aliphatic heterocycles. The monoisotopic (exact) mass is 683 g/mol. The lowest BCUT2D eigenvalue weighted by Gasteiger charge is -2.23. The van der Waals surface area contributed by atoms with E-state index < -0.39 is 17.7 Å². The summed E-state index contributed by atoms with van der Waals surface area (Å²) in [7, 11) is 2.99. The Labute approximate surface area is 284 Å². The van der Waals surface area contributed by atoms with E-state index >= 15 is 0 Å². The summed E-state index contributed by atoms with van der Waals surface area (Å²) in [4.78, 5) is 28.6. The minimum Gasteiger partial charge on any atom is -0.507 e. The molecule has 9 nitrogen and oxygen atoms in total. The molecule has 0 saturated carbocycles. The van der Waals surface area contributed by atoms with E-state index in [1.807, 2.05) is 31.2 Å². The van der Waals surface area contributed by atoms with Gasteiger partial charge in [0, 0.05) is 11.3 Å². The summed E-state index contributed by atoms with van der Waals surface area (Å²) in [6.45, 7) is 2.38. The van der Waals surface area contributed by atoms with Gasteiger partial charge in [0.2, 0.25) is 5.13 Å². The van der Waals surface area contributed by atoms with Crippen LogP contribution in [0.1, 0.15) is 33.9 Å². The zero-order chi connectivity index (χ0) is 33.8. The summed E-state index contributed by atoms with van der Waals surface area (Å²) in [5.74, 6) is -0.505. The van der Waals surface area contributed by atoms with Crippen molar-refractivity contribution < 1.29 is 33.3 Å². The molecule has 0 bridgehead atoms. The third kappa shape index (κ3) is 6.90. The van der Waals surface area contributed by atoms with Gasteiger partial charge in [0.25, 0.3) is 5.78 Å². The zero-order valence-electron chi connectivity index (χ0n) is 26.2. The normalized spacial score (nSPS) is 15.5. The van der Waals surface area contributed by atoms with Crippen LogP contribution in [0.3, 0.4) is 0 Å². The number of thioether (sulfide) groups is 1. The molecule has 4 aromatic carbocycles. The predicted octanol–water partition coefficient (Wildman–Crippen LogP) is 7.50. The van der Waals surface area contributed by atoms with E-state index in [1.165, 1.54) is 43.0 Å². The number of hydrogen-bond donors (Lipinski definition) is 1. The van der Waals surface area contributed by atoms with E-state index in [1.54, 1.807) is 54.6 Å². The van der Waals surface area contributed by atoms with Crippen molar-refractivity contribution in [2.45, 2.75) is 29.7 Å². The van der Waals surface area contributed by atoms with Crippen LogP contribution in [0.15, 0.2) is 101 Å². The molecule has 1 fully saturated rings. The number of anilines is 1. The summed E-state index contributed by atoms with van der Waals surface area (Å²) in [5.41, 5.74) is 3.74. The topological polar surface area (TPSA) is 111 Å². The van der Waals surface area contributed by atoms with E-state index in [2.05, 4.69) is 10.2 Å². The maximum absolute atomic E-state index is 13.7. The number of hydrogen-bond acceptors (Lipinski definition) is 10. The van der Waals surface area contributed by atoms with Gasteiger partial charge in [-0.15, -0.1) is 10.2 Å². The highest BCUT2D eigenvalue weighted by Gasteiger charge is 2.48. The molecular weight excluding hydrogens is 654 g/mol. The second kappa shape index (κ2) is 14.3. The number of ether oxygens (including phenoxy) is 3. The molecule has 48 heavy (non-hydrogen) atoms. The van der Waals surface area contributed by atoms with Gasteiger partial charge in [-0.05, 0) is 72.1 Å². The highest BCUT2D eigenvalue weighted by molar-refractivity contribution is 8.00. The van der Waals surface area contributed by atoms with Crippen LogP contribution in [-0.2, 0) is 21.9 Å². The maximum Gasteiger partial charge on any atom is 0.301 e. The third-order valence-electron chi connectivity index (χ3n) is 7.66. The highest BCUT2D eigenvalue weighted by Crippen LogP contribution is 2.45. The van der Waals surface area contributed by atoms with Crippen LogP contribution < -0.4 is 19.1 Å².